The van der Waals surface area contributed by atoms with Crippen LogP contribution in [0.25, 0.3) is 0 Å². The predicted molar refractivity (Wildman–Crippen MR) is 121 cm³/mol. The Hall–Kier alpha value is -3.67. The highest BCUT2D eigenvalue weighted by molar-refractivity contribution is 6.04. The molecule has 0 fully saturated rings. The Morgan fingerprint density at radius 3 is 2.29 bits per heavy atom. The second-order valence-electron chi connectivity index (χ2n) is 7.39. The van der Waals surface area contributed by atoms with Crippen molar-refractivity contribution in [2.24, 2.45) is 0 Å². The fourth-order valence-electron chi connectivity index (χ4n) is 2.96. The van der Waals surface area contributed by atoms with Crippen molar-refractivity contribution in [1.82, 2.24) is 4.57 Å². The molecule has 0 aliphatic heterocycles. The lowest BCUT2D eigenvalue weighted by Gasteiger charge is -2.10. The number of rotatable bonds is 8. The van der Waals surface area contributed by atoms with E-state index in [-0.39, 0.29) is 17.4 Å². The van der Waals surface area contributed by atoms with E-state index >= 15 is 0 Å². The van der Waals surface area contributed by atoms with E-state index in [1.165, 1.54) is 16.7 Å². The van der Waals surface area contributed by atoms with E-state index in [0.29, 0.717) is 30.0 Å². The number of aryl methyl sites for hydroxylation is 1. The quantitative estimate of drug-likeness (QED) is 0.434. The van der Waals surface area contributed by atoms with Crippen LogP contribution >= 0.6 is 0 Å². The molecule has 1 amide bonds. The van der Waals surface area contributed by atoms with Gasteiger partial charge in [0.05, 0.1) is 24.3 Å². The number of unbranched alkanes of at least 4 members (excludes halogenated alkanes) is 1. The number of hydrogen-bond acceptors (Lipinski definition) is 4. The smallest absolute Gasteiger partial charge is 0.338 e. The van der Waals surface area contributed by atoms with E-state index in [9.17, 15) is 14.4 Å². The number of anilines is 1. The van der Waals surface area contributed by atoms with Gasteiger partial charge in [0.15, 0.2) is 0 Å². The number of nitrogens with one attached hydrogen (secondary N) is 1. The van der Waals surface area contributed by atoms with Crippen molar-refractivity contribution in [3.05, 3.63) is 99.5 Å². The molecule has 0 spiro atoms. The Balaban J connectivity index is 1.67. The molecule has 0 unspecified atom stereocenters. The van der Waals surface area contributed by atoms with Gasteiger partial charge in [-0.15, -0.1) is 0 Å². The third-order valence-corrected chi connectivity index (χ3v) is 4.83. The lowest BCUT2D eigenvalue weighted by atomic mass is 10.1. The van der Waals surface area contributed by atoms with Crippen molar-refractivity contribution < 1.29 is 14.3 Å². The van der Waals surface area contributed by atoms with Crippen molar-refractivity contribution in [3.8, 4) is 0 Å². The number of carbonyl (C=O) groups is 2. The topological polar surface area (TPSA) is 77.4 Å². The molecule has 0 bridgehead atoms. The first kappa shape index (κ1) is 22.0. The van der Waals surface area contributed by atoms with Gasteiger partial charge in [0, 0.05) is 18.0 Å². The molecule has 0 aliphatic carbocycles. The van der Waals surface area contributed by atoms with Gasteiger partial charge in [-0.25, -0.2) is 4.79 Å². The predicted octanol–water partition coefficient (Wildman–Crippen LogP) is 4.41. The van der Waals surface area contributed by atoms with Crippen LogP contribution in [-0.2, 0) is 11.3 Å². The first-order valence-electron chi connectivity index (χ1n) is 10.3. The molecule has 0 saturated heterocycles. The SMILES string of the molecule is CCCCOC(=O)c1ccc(NC(=O)c2ccc(=O)n(Cc3ccc(C)cc3)c2)cc1. The van der Waals surface area contributed by atoms with E-state index in [1.807, 2.05) is 38.1 Å². The summed E-state index contributed by atoms with van der Waals surface area (Å²) in [7, 11) is 0. The summed E-state index contributed by atoms with van der Waals surface area (Å²) in [6, 6.07) is 17.3. The molecule has 6 nitrogen and oxygen atoms in total. The van der Waals surface area contributed by atoms with Crippen LogP contribution in [0.3, 0.4) is 0 Å². The van der Waals surface area contributed by atoms with Gasteiger partial charge < -0.3 is 14.6 Å². The average Bonchev–Trinajstić information content (AvgIpc) is 2.77. The minimum absolute atomic E-state index is 0.178. The second-order valence-corrected chi connectivity index (χ2v) is 7.39. The summed E-state index contributed by atoms with van der Waals surface area (Å²) in [6.07, 6.45) is 3.33. The van der Waals surface area contributed by atoms with Gasteiger partial charge in [0.25, 0.3) is 11.5 Å². The number of nitrogens with zero attached hydrogens (tertiary/aromatic N) is 1. The van der Waals surface area contributed by atoms with Crippen LogP contribution < -0.4 is 10.9 Å². The zero-order chi connectivity index (χ0) is 22.2. The number of pyridine rings is 1. The minimum Gasteiger partial charge on any atom is -0.462 e. The molecular formula is C25H26N2O4. The number of carbonyl (C=O) groups excluding carboxylic acids is 2. The number of hydrogen-bond donors (Lipinski definition) is 1. The molecule has 1 aromatic heterocycles. The van der Waals surface area contributed by atoms with Crippen molar-refractivity contribution in [1.29, 1.82) is 0 Å². The molecule has 0 atom stereocenters. The molecule has 3 rings (SSSR count). The van der Waals surface area contributed by atoms with Crippen molar-refractivity contribution in [3.63, 3.8) is 0 Å². The van der Waals surface area contributed by atoms with Crippen LogP contribution in [0.15, 0.2) is 71.7 Å². The summed E-state index contributed by atoms with van der Waals surface area (Å²) in [5.74, 6) is -0.717. The molecule has 6 heteroatoms. The van der Waals surface area contributed by atoms with Gasteiger partial charge in [-0.3, -0.25) is 9.59 Å². The van der Waals surface area contributed by atoms with E-state index in [0.717, 1.165) is 24.0 Å². The highest BCUT2D eigenvalue weighted by Crippen LogP contribution is 2.13. The van der Waals surface area contributed by atoms with Crippen LogP contribution in [0.4, 0.5) is 5.69 Å². The fraction of sp³-hybridized carbons (Fsp3) is 0.240. The summed E-state index contributed by atoms with van der Waals surface area (Å²) in [6.45, 7) is 4.81. The molecule has 31 heavy (non-hydrogen) atoms. The van der Waals surface area contributed by atoms with Crippen molar-refractivity contribution in [2.75, 3.05) is 11.9 Å². The Kier molecular flexibility index (Phi) is 7.38. The lowest BCUT2D eigenvalue weighted by molar-refractivity contribution is 0.0499. The van der Waals surface area contributed by atoms with E-state index in [2.05, 4.69) is 5.32 Å². The Morgan fingerprint density at radius 2 is 1.61 bits per heavy atom. The monoisotopic (exact) mass is 418 g/mol. The van der Waals surface area contributed by atoms with Crippen LogP contribution in [0.1, 0.15) is 51.6 Å². The number of benzene rings is 2. The number of esters is 1. The molecular weight excluding hydrogens is 392 g/mol. The summed E-state index contributed by atoms with van der Waals surface area (Å²) in [5, 5.41) is 2.79. The molecule has 1 heterocycles. The highest BCUT2D eigenvalue weighted by atomic mass is 16.5. The molecule has 3 aromatic rings. The standard InChI is InChI=1S/C25H26N2O4/c1-3-4-15-31-25(30)20-9-12-22(13-10-20)26-24(29)21-11-14-23(28)27(17-21)16-19-7-5-18(2)6-8-19/h5-14,17H,3-4,15-16H2,1-2H3,(H,26,29). The number of amides is 1. The van der Waals surface area contributed by atoms with E-state index in [1.54, 1.807) is 30.5 Å². The molecule has 0 radical (unpaired) electrons. The number of aromatic nitrogens is 1. The van der Waals surface area contributed by atoms with E-state index < -0.39 is 0 Å². The molecule has 2 aromatic carbocycles. The summed E-state index contributed by atoms with van der Waals surface area (Å²) in [5.41, 5.74) is 3.29. The molecule has 0 aliphatic rings. The minimum atomic E-state index is -0.380. The molecule has 1 N–H and O–H groups in total. The van der Waals surface area contributed by atoms with Gasteiger partial charge >= 0.3 is 5.97 Å². The average molecular weight is 418 g/mol. The van der Waals surface area contributed by atoms with Gasteiger partial charge in [0.2, 0.25) is 0 Å². The van der Waals surface area contributed by atoms with Crippen LogP contribution in [0.2, 0.25) is 0 Å². The Bertz CT molecular complexity index is 1100. The molecule has 0 saturated carbocycles. The first-order valence-corrected chi connectivity index (χ1v) is 10.3. The van der Waals surface area contributed by atoms with Gasteiger partial charge in [-0.1, -0.05) is 43.2 Å². The Morgan fingerprint density at radius 1 is 0.935 bits per heavy atom. The van der Waals surface area contributed by atoms with Crippen LogP contribution in [0.5, 0.6) is 0 Å². The van der Waals surface area contributed by atoms with E-state index in [4.69, 9.17) is 4.74 Å². The van der Waals surface area contributed by atoms with Gasteiger partial charge in [-0.2, -0.15) is 0 Å². The summed E-state index contributed by atoms with van der Waals surface area (Å²) >= 11 is 0. The summed E-state index contributed by atoms with van der Waals surface area (Å²) in [4.78, 5) is 36.8. The largest absolute Gasteiger partial charge is 0.462 e. The maximum atomic E-state index is 12.6. The van der Waals surface area contributed by atoms with Crippen LogP contribution in [-0.4, -0.2) is 23.1 Å². The van der Waals surface area contributed by atoms with Crippen LogP contribution in [0, 0.1) is 6.92 Å². The first-order chi connectivity index (χ1) is 15.0. The van der Waals surface area contributed by atoms with Crippen molar-refractivity contribution in [2.45, 2.75) is 33.2 Å². The lowest BCUT2D eigenvalue weighted by Crippen LogP contribution is -2.22. The maximum absolute atomic E-state index is 12.6. The third-order valence-electron chi connectivity index (χ3n) is 4.83. The van der Waals surface area contributed by atoms with Crippen molar-refractivity contribution >= 4 is 17.6 Å². The third kappa shape index (κ3) is 6.15. The maximum Gasteiger partial charge on any atom is 0.338 e. The fourth-order valence-corrected chi connectivity index (χ4v) is 2.96. The van der Waals surface area contributed by atoms with Gasteiger partial charge in [0.1, 0.15) is 0 Å². The zero-order valence-corrected chi connectivity index (χ0v) is 17.8. The summed E-state index contributed by atoms with van der Waals surface area (Å²) < 4.78 is 6.69. The normalized spacial score (nSPS) is 10.5. The number of ether oxygens (including phenoxy) is 1. The highest BCUT2D eigenvalue weighted by Gasteiger charge is 2.11. The zero-order valence-electron chi connectivity index (χ0n) is 17.8. The second kappa shape index (κ2) is 10.4. The van der Waals surface area contributed by atoms with Gasteiger partial charge in [-0.05, 0) is 49.2 Å². The Labute approximate surface area is 181 Å². The molecule has 160 valence electrons.